The van der Waals surface area contributed by atoms with Gasteiger partial charge in [-0.2, -0.15) is 9.36 Å². The second-order valence-corrected chi connectivity index (χ2v) is 7.29. The summed E-state index contributed by atoms with van der Waals surface area (Å²) in [7, 11) is 1.57. The Balaban J connectivity index is 1.41. The second-order valence-electron chi connectivity index (χ2n) is 7.29. The van der Waals surface area contributed by atoms with E-state index in [0.717, 1.165) is 22.2 Å². The summed E-state index contributed by atoms with van der Waals surface area (Å²) in [6, 6.07) is 21.9. The van der Waals surface area contributed by atoms with Gasteiger partial charge in [-0.3, -0.25) is 0 Å². The van der Waals surface area contributed by atoms with E-state index < -0.39 is 0 Å². The molecule has 8 heteroatoms. The number of fused-ring (bicyclic) bond motifs is 1. The lowest BCUT2D eigenvalue weighted by molar-refractivity contribution is 0.290. The van der Waals surface area contributed by atoms with Gasteiger partial charge in [0.05, 0.1) is 11.4 Å². The molecule has 2 heterocycles. The molecule has 0 atom stereocenters. The Morgan fingerprint density at radius 3 is 2.58 bits per heavy atom. The molecule has 0 unspecified atom stereocenters. The molecule has 5 aromatic rings. The zero-order valence-corrected chi connectivity index (χ0v) is 17.1. The molecule has 3 aromatic carbocycles. The van der Waals surface area contributed by atoms with Crippen molar-refractivity contribution in [2.75, 3.05) is 0 Å². The molecule has 0 aliphatic rings. The van der Waals surface area contributed by atoms with Crippen LogP contribution in [0.3, 0.4) is 0 Å². The topological polar surface area (TPSA) is 79.8 Å². The molecule has 0 saturated carbocycles. The number of hydrogen-bond donors (Lipinski definition) is 0. The van der Waals surface area contributed by atoms with Gasteiger partial charge in [-0.25, -0.2) is 9.48 Å². The third kappa shape index (κ3) is 3.48. The van der Waals surface area contributed by atoms with Crippen molar-refractivity contribution in [3.63, 3.8) is 0 Å². The van der Waals surface area contributed by atoms with Gasteiger partial charge in [0.1, 0.15) is 6.61 Å². The van der Waals surface area contributed by atoms with Gasteiger partial charge in [-0.15, -0.1) is 5.10 Å². The average molecular weight is 412 g/mol. The fourth-order valence-electron chi connectivity index (χ4n) is 3.53. The predicted molar refractivity (Wildman–Crippen MR) is 117 cm³/mol. The summed E-state index contributed by atoms with van der Waals surface area (Å²) in [6.45, 7) is 2.22. The Labute approximate surface area is 177 Å². The minimum absolute atomic E-state index is 0.250. The fourth-order valence-corrected chi connectivity index (χ4v) is 3.53. The number of aromatic nitrogens is 6. The van der Waals surface area contributed by atoms with E-state index >= 15 is 0 Å². The maximum absolute atomic E-state index is 12.3. The SMILES string of the molecule is Cc1cccc(-n2nnn(C)c2=O)c1COc1ccn(-c2ccc3ccccc3c2)n1. The Hall–Kier alpha value is -4.20. The lowest BCUT2D eigenvalue weighted by Gasteiger charge is -2.11. The summed E-state index contributed by atoms with van der Waals surface area (Å²) < 4.78 is 10.2. The monoisotopic (exact) mass is 412 g/mol. The molecule has 0 saturated heterocycles. The summed E-state index contributed by atoms with van der Waals surface area (Å²) in [5.41, 5.74) is 3.13. The van der Waals surface area contributed by atoms with Gasteiger partial charge < -0.3 is 4.74 Å². The minimum Gasteiger partial charge on any atom is -0.472 e. The van der Waals surface area contributed by atoms with Gasteiger partial charge in [0.2, 0.25) is 5.88 Å². The van der Waals surface area contributed by atoms with E-state index in [4.69, 9.17) is 4.74 Å². The normalized spacial score (nSPS) is 11.2. The van der Waals surface area contributed by atoms with Crippen molar-refractivity contribution in [2.24, 2.45) is 7.05 Å². The average Bonchev–Trinajstić information content (AvgIpc) is 3.39. The zero-order chi connectivity index (χ0) is 21.4. The Morgan fingerprint density at radius 1 is 0.935 bits per heavy atom. The van der Waals surface area contributed by atoms with Gasteiger partial charge in [0.15, 0.2) is 0 Å². The molecule has 0 aliphatic carbocycles. The summed E-state index contributed by atoms with van der Waals surface area (Å²) >= 11 is 0. The van der Waals surface area contributed by atoms with Crippen molar-refractivity contribution >= 4 is 10.8 Å². The van der Waals surface area contributed by atoms with E-state index in [-0.39, 0.29) is 12.3 Å². The lowest BCUT2D eigenvalue weighted by Crippen LogP contribution is -2.23. The third-order valence-corrected chi connectivity index (χ3v) is 5.26. The number of rotatable bonds is 5. The van der Waals surface area contributed by atoms with E-state index in [1.54, 1.807) is 11.7 Å². The van der Waals surface area contributed by atoms with Crippen molar-refractivity contribution in [1.82, 2.24) is 29.6 Å². The van der Waals surface area contributed by atoms with Crippen LogP contribution in [0, 0.1) is 6.92 Å². The summed E-state index contributed by atoms with van der Waals surface area (Å²) in [5, 5.41) is 14.6. The molecule has 2 aromatic heterocycles. The molecule has 0 bridgehead atoms. The Kier molecular flexibility index (Phi) is 4.59. The lowest BCUT2D eigenvalue weighted by atomic mass is 10.1. The van der Waals surface area contributed by atoms with Crippen LogP contribution in [0.4, 0.5) is 0 Å². The van der Waals surface area contributed by atoms with Gasteiger partial charge in [-0.05, 0) is 51.9 Å². The highest BCUT2D eigenvalue weighted by Gasteiger charge is 2.14. The van der Waals surface area contributed by atoms with Crippen molar-refractivity contribution in [3.8, 4) is 17.3 Å². The van der Waals surface area contributed by atoms with Gasteiger partial charge in [0.25, 0.3) is 0 Å². The smallest absolute Gasteiger partial charge is 0.368 e. The number of ether oxygens (including phenoxy) is 1. The molecular formula is C23H20N6O2. The van der Waals surface area contributed by atoms with E-state index in [0.29, 0.717) is 11.6 Å². The quantitative estimate of drug-likeness (QED) is 0.443. The molecule has 0 aliphatic heterocycles. The highest BCUT2D eigenvalue weighted by molar-refractivity contribution is 5.84. The van der Waals surface area contributed by atoms with Crippen molar-refractivity contribution < 1.29 is 4.74 Å². The Morgan fingerprint density at radius 2 is 1.77 bits per heavy atom. The number of aryl methyl sites for hydroxylation is 2. The summed E-state index contributed by atoms with van der Waals surface area (Å²) in [4.78, 5) is 12.3. The molecule has 0 radical (unpaired) electrons. The van der Waals surface area contributed by atoms with Crippen LogP contribution < -0.4 is 10.4 Å². The highest BCUT2D eigenvalue weighted by atomic mass is 16.5. The van der Waals surface area contributed by atoms with Gasteiger partial charge >= 0.3 is 5.69 Å². The van der Waals surface area contributed by atoms with Gasteiger partial charge in [-0.1, -0.05) is 42.5 Å². The van der Waals surface area contributed by atoms with E-state index in [9.17, 15) is 4.79 Å². The fraction of sp³-hybridized carbons (Fsp3) is 0.130. The first kappa shape index (κ1) is 18.8. The van der Waals surface area contributed by atoms with Crippen molar-refractivity contribution in [2.45, 2.75) is 13.5 Å². The highest BCUT2D eigenvalue weighted by Crippen LogP contribution is 2.21. The minimum atomic E-state index is -0.313. The number of nitrogens with zero attached hydrogens (tertiary/aromatic N) is 6. The molecule has 0 N–H and O–H groups in total. The van der Waals surface area contributed by atoms with E-state index in [2.05, 4.69) is 39.8 Å². The van der Waals surface area contributed by atoms with Crippen LogP contribution in [-0.2, 0) is 13.7 Å². The van der Waals surface area contributed by atoms with E-state index in [1.807, 2.05) is 55.6 Å². The molecule has 0 fully saturated rings. The molecule has 0 spiro atoms. The van der Waals surface area contributed by atoms with Gasteiger partial charge in [0, 0.05) is 24.9 Å². The van der Waals surface area contributed by atoms with Crippen LogP contribution in [0.25, 0.3) is 22.1 Å². The van der Waals surface area contributed by atoms with Crippen molar-refractivity contribution in [3.05, 3.63) is 94.5 Å². The standard InChI is InChI=1S/C23H20N6O2/c1-16-6-5-9-21(29-23(30)27(2)25-26-29)20(16)15-31-22-12-13-28(24-22)19-11-10-17-7-3-4-8-18(17)14-19/h3-14H,15H2,1-2H3. The third-order valence-electron chi connectivity index (χ3n) is 5.26. The molecule has 5 rings (SSSR count). The first-order chi connectivity index (χ1) is 15.1. The first-order valence-corrected chi connectivity index (χ1v) is 9.86. The van der Waals surface area contributed by atoms with Crippen LogP contribution in [-0.4, -0.2) is 29.6 Å². The zero-order valence-electron chi connectivity index (χ0n) is 17.1. The second kappa shape index (κ2) is 7.56. The summed E-state index contributed by atoms with van der Waals surface area (Å²) in [5.74, 6) is 0.494. The summed E-state index contributed by atoms with van der Waals surface area (Å²) in [6.07, 6.45) is 1.87. The molecule has 8 nitrogen and oxygen atoms in total. The number of hydrogen-bond acceptors (Lipinski definition) is 5. The van der Waals surface area contributed by atoms with E-state index in [1.165, 1.54) is 14.7 Å². The maximum atomic E-state index is 12.3. The van der Waals surface area contributed by atoms with Crippen molar-refractivity contribution in [1.29, 1.82) is 0 Å². The van der Waals surface area contributed by atoms with Crippen LogP contribution in [0.1, 0.15) is 11.1 Å². The van der Waals surface area contributed by atoms with Crippen LogP contribution in [0.2, 0.25) is 0 Å². The molecular weight excluding hydrogens is 392 g/mol. The van der Waals surface area contributed by atoms with Crippen LogP contribution in [0.5, 0.6) is 5.88 Å². The maximum Gasteiger partial charge on any atom is 0.368 e. The molecule has 0 amide bonds. The number of benzene rings is 3. The van der Waals surface area contributed by atoms with Crippen LogP contribution >= 0.6 is 0 Å². The molecule has 31 heavy (non-hydrogen) atoms. The molecule has 154 valence electrons. The largest absolute Gasteiger partial charge is 0.472 e. The predicted octanol–water partition coefficient (Wildman–Crippen LogP) is 3.19. The first-order valence-electron chi connectivity index (χ1n) is 9.86. The van der Waals surface area contributed by atoms with Crippen LogP contribution in [0.15, 0.2) is 77.7 Å². The number of tetrazole rings is 1. The Bertz CT molecular complexity index is 1450.